The van der Waals surface area contributed by atoms with Crippen LogP contribution in [0.2, 0.25) is 0 Å². The van der Waals surface area contributed by atoms with Crippen LogP contribution in [0.15, 0.2) is 29.8 Å². The standard InChI is InChI=1S/C11H5N3S2/c12-5-8-4-7-6-13-10(14-11(7)16-8)9-2-1-3-15-9/h1-4,6H. The van der Waals surface area contributed by atoms with Crippen LogP contribution in [0.1, 0.15) is 4.88 Å². The predicted molar refractivity (Wildman–Crippen MR) is 65.4 cm³/mol. The van der Waals surface area contributed by atoms with Gasteiger partial charge in [0.2, 0.25) is 0 Å². The zero-order chi connectivity index (χ0) is 11.0. The van der Waals surface area contributed by atoms with Gasteiger partial charge in [-0.3, -0.25) is 0 Å². The van der Waals surface area contributed by atoms with Crippen molar-refractivity contribution in [1.29, 1.82) is 5.26 Å². The molecule has 3 rings (SSSR count). The highest BCUT2D eigenvalue weighted by molar-refractivity contribution is 7.19. The highest BCUT2D eigenvalue weighted by atomic mass is 32.1. The Morgan fingerprint density at radius 3 is 3.06 bits per heavy atom. The Morgan fingerprint density at radius 1 is 1.38 bits per heavy atom. The topological polar surface area (TPSA) is 49.6 Å². The maximum absolute atomic E-state index is 8.81. The van der Waals surface area contributed by atoms with Crippen LogP contribution in [0.4, 0.5) is 0 Å². The van der Waals surface area contributed by atoms with Gasteiger partial charge >= 0.3 is 0 Å². The lowest BCUT2D eigenvalue weighted by atomic mass is 10.3. The first kappa shape index (κ1) is 9.46. The summed E-state index contributed by atoms with van der Waals surface area (Å²) in [5.41, 5.74) is 0. The maximum Gasteiger partial charge on any atom is 0.170 e. The van der Waals surface area contributed by atoms with Gasteiger partial charge in [0.25, 0.3) is 0 Å². The molecule has 0 spiro atoms. The minimum Gasteiger partial charge on any atom is -0.235 e. The fourth-order valence-corrected chi connectivity index (χ4v) is 2.88. The molecule has 0 bridgehead atoms. The van der Waals surface area contributed by atoms with Crippen molar-refractivity contribution < 1.29 is 0 Å². The number of thiophene rings is 2. The summed E-state index contributed by atoms with van der Waals surface area (Å²) < 4.78 is 0. The van der Waals surface area contributed by atoms with Crippen LogP contribution in [0.5, 0.6) is 0 Å². The van der Waals surface area contributed by atoms with Gasteiger partial charge in [-0.1, -0.05) is 6.07 Å². The van der Waals surface area contributed by atoms with Crippen molar-refractivity contribution in [3.63, 3.8) is 0 Å². The smallest absolute Gasteiger partial charge is 0.170 e. The van der Waals surface area contributed by atoms with Crippen LogP contribution in [-0.2, 0) is 0 Å². The van der Waals surface area contributed by atoms with Crippen LogP contribution in [0.25, 0.3) is 20.9 Å². The molecule has 0 aliphatic rings. The summed E-state index contributed by atoms with van der Waals surface area (Å²) in [6.07, 6.45) is 1.77. The molecule has 76 valence electrons. The Morgan fingerprint density at radius 2 is 2.31 bits per heavy atom. The Labute approximate surface area is 99.6 Å². The Balaban J connectivity index is 2.20. The molecule has 3 aromatic rings. The molecule has 0 aromatic carbocycles. The molecule has 3 aromatic heterocycles. The van der Waals surface area contributed by atoms with Crippen molar-refractivity contribution in [3.05, 3.63) is 34.7 Å². The minimum atomic E-state index is 0.674. The highest BCUT2D eigenvalue weighted by Crippen LogP contribution is 2.27. The zero-order valence-corrected chi connectivity index (χ0v) is 9.68. The summed E-state index contributed by atoms with van der Waals surface area (Å²) in [5.74, 6) is 0.730. The van der Waals surface area contributed by atoms with Crippen LogP contribution in [0, 0.1) is 11.3 Å². The molecule has 0 atom stereocenters. The van der Waals surface area contributed by atoms with Crippen molar-refractivity contribution >= 4 is 32.9 Å². The van der Waals surface area contributed by atoms with E-state index in [0.717, 1.165) is 20.9 Å². The molecule has 3 heterocycles. The number of hydrogen-bond acceptors (Lipinski definition) is 5. The average molecular weight is 243 g/mol. The Hall–Kier alpha value is -1.77. The largest absolute Gasteiger partial charge is 0.235 e. The molecule has 0 amide bonds. The first-order chi connectivity index (χ1) is 7.86. The third-order valence-electron chi connectivity index (χ3n) is 2.13. The van der Waals surface area contributed by atoms with Crippen LogP contribution >= 0.6 is 22.7 Å². The van der Waals surface area contributed by atoms with E-state index in [4.69, 9.17) is 5.26 Å². The molecule has 3 nitrogen and oxygen atoms in total. The third kappa shape index (κ3) is 1.48. The van der Waals surface area contributed by atoms with E-state index in [9.17, 15) is 0 Å². The first-order valence-electron chi connectivity index (χ1n) is 4.57. The Bertz CT molecular complexity index is 677. The van der Waals surface area contributed by atoms with E-state index in [1.807, 2.05) is 23.6 Å². The van der Waals surface area contributed by atoms with Crippen LogP contribution < -0.4 is 0 Å². The zero-order valence-electron chi connectivity index (χ0n) is 8.04. The molecule has 0 aliphatic carbocycles. The summed E-state index contributed by atoms with van der Waals surface area (Å²) in [7, 11) is 0. The number of nitriles is 1. The second kappa shape index (κ2) is 3.67. The molecule has 0 unspecified atom stereocenters. The lowest BCUT2D eigenvalue weighted by molar-refractivity contribution is 1.25. The van der Waals surface area contributed by atoms with Gasteiger partial charge in [0.1, 0.15) is 15.8 Å². The van der Waals surface area contributed by atoms with E-state index in [0.29, 0.717) is 4.88 Å². The molecule has 0 N–H and O–H groups in total. The van der Waals surface area contributed by atoms with Crippen molar-refractivity contribution in [2.45, 2.75) is 0 Å². The number of fused-ring (bicyclic) bond motifs is 1. The fourth-order valence-electron chi connectivity index (χ4n) is 1.41. The van der Waals surface area contributed by atoms with Gasteiger partial charge in [-0.25, -0.2) is 9.97 Å². The number of rotatable bonds is 1. The molecule has 16 heavy (non-hydrogen) atoms. The second-order valence-electron chi connectivity index (χ2n) is 3.15. The van der Waals surface area contributed by atoms with Crippen LogP contribution in [-0.4, -0.2) is 9.97 Å². The summed E-state index contributed by atoms with van der Waals surface area (Å²) in [6.45, 7) is 0. The van der Waals surface area contributed by atoms with Crippen molar-refractivity contribution in [2.24, 2.45) is 0 Å². The summed E-state index contributed by atoms with van der Waals surface area (Å²) in [4.78, 5) is 11.3. The van der Waals surface area contributed by atoms with E-state index in [2.05, 4.69) is 16.0 Å². The monoisotopic (exact) mass is 243 g/mol. The molecule has 5 heteroatoms. The molecular formula is C11H5N3S2. The summed E-state index contributed by atoms with van der Waals surface area (Å²) in [5, 5.41) is 11.7. The third-order valence-corrected chi connectivity index (χ3v) is 3.94. The molecule has 0 saturated heterocycles. The van der Waals surface area contributed by atoms with Crippen molar-refractivity contribution in [3.8, 4) is 16.8 Å². The maximum atomic E-state index is 8.81. The van der Waals surface area contributed by atoms with Gasteiger partial charge in [-0.05, 0) is 17.5 Å². The lowest BCUT2D eigenvalue weighted by Crippen LogP contribution is -1.83. The van der Waals surface area contributed by atoms with Crippen molar-refractivity contribution in [1.82, 2.24) is 9.97 Å². The lowest BCUT2D eigenvalue weighted by Gasteiger charge is -1.94. The molecule has 0 saturated carbocycles. The SMILES string of the molecule is N#Cc1cc2cnc(-c3cccs3)nc2s1. The van der Waals surface area contributed by atoms with Crippen molar-refractivity contribution in [2.75, 3.05) is 0 Å². The second-order valence-corrected chi connectivity index (χ2v) is 5.13. The molecule has 0 aliphatic heterocycles. The van der Waals surface area contributed by atoms with Gasteiger partial charge in [0, 0.05) is 11.6 Å². The van der Waals surface area contributed by atoms with E-state index < -0.39 is 0 Å². The van der Waals surface area contributed by atoms with Gasteiger partial charge in [0.15, 0.2) is 5.82 Å². The number of aromatic nitrogens is 2. The van der Waals surface area contributed by atoms with Gasteiger partial charge < -0.3 is 0 Å². The van der Waals surface area contributed by atoms with E-state index in [1.54, 1.807) is 17.5 Å². The normalized spacial score (nSPS) is 10.4. The first-order valence-corrected chi connectivity index (χ1v) is 6.27. The highest BCUT2D eigenvalue weighted by Gasteiger charge is 2.06. The summed E-state index contributed by atoms with van der Waals surface area (Å²) in [6, 6.07) is 7.91. The number of hydrogen-bond donors (Lipinski definition) is 0. The van der Waals surface area contributed by atoms with E-state index >= 15 is 0 Å². The van der Waals surface area contributed by atoms with Gasteiger partial charge in [-0.15, -0.1) is 22.7 Å². The quantitative estimate of drug-likeness (QED) is 0.659. The predicted octanol–water partition coefficient (Wildman–Crippen LogP) is 3.29. The molecular weight excluding hydrogens is 238 g/mol. The van der Waals surface area contributed by atoms with E-state index in [1.165, 1.54) is 11.3 Å². The molecule has 0 radical (unpaired) electrons. The van der Waals surface area contributed by atoms with Crippen LogP contribution in [0.3, 0.4) is 0 Å². The van der Waals surface area contributed by atoms with Gasteiger partial charge in [-0.2, -0.15) is 5.26 Å². The number of nitrogens with zero attached hydrogens (tertiary/aromatic N) is 3. The minimum absolute atomic E-state index is 0.674. The fraction of sp³-hybridized carbons (Fsp3) is 0. The summed E-state index contributed by atoms with van der Waals surface area (Å²) >= 11 is 3.01. The van der Waals surface area contributed by atoms with Gasteiger partial charge in [0.05, 0.1) is 4.88 Å². The average Bonchev–Trinajstić information content (AvgIpc) is 2.96. The van der Waals surface area contributed by atoms with E-state index in [-0.39, 0.29) is 0 Å². The Kier molecular flexibility index (Phi) is 2.17. The molecule has 0 fully saturated rings.